The smallest absolute Gasteiger partial charge is 0.226 e. The number of nitrogens with zero attached hydrogens (tertiary/aromatic N) is 3. The van der Waals surface area contributed by atoms with E-state index in [1.54, 1.807) is 0 Å². The van der Waals surface area contributed by atoms with Gasteiger partial charge in [0.05, 0.1) is 5.92 Å². The largest absolute Gasteiger partial charge is 0.353 e. The third-order valence-electron chi connectivity index (χ3n) is 3.43. The fourth-order valence-corrected chi connectivity index (χ4v) is 2.20. The molecule has 1 amide bonds. The van der Waals surface area contributed by atoms with E-state index in [2.05, 4.69) is 20.2 Å². The van der Waals surface area contributed by atoms with Crippen LogP contribution in [-0.2, 0) is 4.79 Å². The maximum atomic E-state index is 11.8. The van der Waals surface area contributed by atoms with Crippen LogP contribution in [0.4, 0.5) is 5.95 Å². The molecule has 1 aliphatic carbocycles. The highest BCUT2D eigenvalue weighted by Gasteiger charge is 2.36. The van der Waals surface area contributed by atoms with E-state index in [4.69, 9.17) is 0 Å². The van der Waals surface area contributed by atoms with Crippen molar-refractivity contribution in [2.45, 2.75) is 32.7 Å². The summed E-state index contributed by atoms with van der Waals surface area (Å²) >= 11 is 0. The number of hydrogen-bond donors (Lipinski definition) is 1. The average molecular weight is 246 g/mol. The second-order valence-corrected chi connectivity index (χ2v) is 5.34. The van der Waals surface area contributed by atoms with Crippen molar-refractivity contribution in [2.75, 3.05) is 18.0 Å². The molecule has 3 rings (SSSR count). The van der Waals surface area contributed by atoms with Gasteiger partial charge in [-0.2, -0.15) is 0 Å². The standard InChI is InChI=1S/C13H18N4O/c1-8-5-9(2)15-13(14-8)17-6-10(7-17)12(18)16-11-3-4-11/h5,10-11H,3-4,6-7H2,1-2H3,(H,16,18). The Morgan fingerprint density at radius 1 is 1.28 bits per heavy atom. The van der Waals surface area contributed by atoms with Crippen molar-refractivity contribution in [2.24, 2.45) is 5.92 Å². The Kier molecular flexibility index (Phi) is 2.69. The van der Waals surface area contributed by atoms with Crippen molar-refractivity contribution in [3.8, 4) is 0 Å². The summed E-state index contributed by atoms with van der Waals surface area (Å²) in [4.78, 5) is 22.7. The first-order chi connectivity index (χ1) is 8.61. The van der Waals surface area contributed by atoms with E-state index in [1.165, 1.54) is 0 Å². The number of anilines is 1. The molecular weight excluding hydrogens is 228 g/mol. The number of nitrogens with one attached hydrogen (secondary N) is 1. The van der Waals surface area contributed by atoms with E-state index in [0.717, 1.165) is 43.3 Å². The lowest BCUT2D eigenvalue weighted by Gasteiger charge is -2.38. The molecule has 1 aliphatic heterocycles. The van der Waals surface area contributed by atoms with Gasteiger partial charge in [0.15, 0.2) is 0 Å². The van der Waals surface area contributed by atoms with Gasteiger partial charge in [-0.25, -0.2) is 9.97 Å². The van der Waals surface area contributed by atoms with Crippen molar-refractivity contribution >= 4 is 11.9 Å². The van der Waals surface area contributed by atoms with Crippen LogP contribution in [-0.4, -0.2) is 35.0 Å². The molecule has 1 aromatic rings. The van der Waals surface area contributed by atoms with Crippen molar-refractivity contribution in [3.63, 3.8) is 0 Å². The quantitative estimate of drug-likeness (QED) is 0.857. The van der Waals surface area contributed by atoms with Gasteiger partial charge in [0, 0.05) is 30.5 Å². The fourth-order valence-electron chi connectivity index (χ4n) is 2.20. The number of hydrogen-bond acceptors (Lipinski definition) is 4. The monoisotopic (exact) mass is 246 g/mol. The summed E-state index contributed by atoms with van der Waals surface area (Å²) in [6, 6.07) is 2.41. The summed E-state index contributed by atoms with van der Waals surface area (Å²) in [5, 5.41) is 3.04. The SMILES string of the molecule is Cc1cc(C)nc(N2CC(C(=O)NC3CC3)C2)n1. The van der Waals surface area contributed by atoms with Crippen LogP contribution in [0.25, 0.3) is 0 Å². The van der Waals surface area contributed by atoms with Crippen LogP contribution in [0, 0.1) is 19.8 Å². The maximum Gasteiger partial charge on any atom is 0.226 e. The molecule has 0 unspecified atom stereocenters. The molecular formula is C13H18N4O. The van der Waals surface area contributed by atoms with E-state index in [0.29, 0.717) is 6.04 Å². The minimum Gasteiger partial charge on any atom is -0.353 e. The Morgan fingerprint density at radius 2 is 1.89 bits per heavy atom. The Morgan fingerprint density at radius 3 is 2.44 bits per heavy atom. The third-order valence-corrected chi connectivity index (χ3v) is 3.43. The van der Waals surface area contributed by atoms with Crippen LogP contribution >= 0.6 is 0 Å². The number of rotatable bonds is 3. The predicted octanol–water partition coefficient (Wildman–Crippen LogP) is 0.808. The Bertz CT molecular complexity index is 458. The molecule has 1 N–H and O–H groups in total. The Hall–Kier alpha value is -1.65. The molecule has 5 nitrogen and oxygen atoms in total. The highest BCUT2D eigenvalue weighted by atomic mass is 16.2. The number of carbonyl (C=O) groups is 1. The van der Waals surface area contributed by atoms with Crippen LogP contribution in [0.3, 0.4) is 0 Å². The first kappa shape index (κ1) is 11.4. The zero-order valence-electron chi connectivity index (χ0n) is 10.8. The van der Waals surface area contributed by atoms with E-state index >= 15 is 0 Å². The molecule has 0 spiro atoms. The van der Waals surface area contributed by atoms with E-state index in [-0.39, 0.29) is 11.8 Å². The highest BCUT2D eigenvalue weighted by molar-refractivity contribution is 5.82. The molecule has 2 heterocycles. The normalized spacial score (nSPS) is 19.6. The first-order valence-corrected chi connectivity index (χ1v) is 6.49. The second-order valence-electron chi connectivity index (χ2n) is 5.34. The lowest BCUT2D eigenvalue weighted by molar-refractivity contribution is -0.125. The highest BCUT2D eigenvalue weighted by Crippen LogP contribution is 2.24. The Balaban J connectivity index is 1.58. The number of carbonyl (C=O) groups excluding carboxylic acids is 1. The van der Waals surface area contributed by atoms with Crippen LogP contribution in [0.15, 0.2) is 6.07 Å². The van der Waals surface area contributed by atoms with Crippen LogP contribution in [0.2, 0.25) is 0 Å². The molecule has 5 heteroatoms. The van der Waals surface area contributed by atoms with Crippen molar-refractivity contribution in [1.29, 1.82) is 0 Å². The zero-order valence-corrected chi connectivity index (χ0v) is 10.8. The molecule has 18 heavy (non-hydrogen) atoms. The van der Waals surface area contributed by atoms with Gasteiger partial charge >= 0.3 is 0 Å². The third kappa shape index (κ3) is 2.30. The zero-order chi connectivity index (χ0) is 12.7. The topological polar surface area (TPSA) is 58.1 Å². The molecule has 0 aromatic carbocycles. The van der Waals surface area contributed by atoms with Crippen molar-refractivity contribution in [1.82, 2.24) is 15.3 Å². The minimum atomic E-state index is 0.106. The summed E-state index contributed by atoms with van der Waals surface area (Å²) in [5.41, 5.74) is 1.95. The van der Waals surface area contributed by atoms with Crippen LogP contribution in [0.1, 0.15) is 24.2 Å². The first-order valence-electron chi connectivity index (χ1n) is 6.49. The fraction of sp³-hybridized carbons (Fsp3) is 0.615. The molecule has 1 saturated carbocycles. The molecule has 1 saturated heterocycles. The summed E-state index contributed by atoms with van der Waals surface area (Å²) in [6.07, 6.45) is 2.28. The predicted molar refractivity (Wildman–Crippen MR) is 68.4 cm³/mol. The van der Waals surface area contributed by atoms with Gasteiger partial charge in [-0.3, -0.25) is 4.79 Å². The van der Waals surface area contributed by atoms with Crippen LogP contribution < -0.4 is 10.2 Å². The molecule has 2 aliphatic rings. The summed E-state index contributed by atoms with van der Waals surface area (Å²) in [5.74, 6) is 1.05. The van der Waals surface area contributed by atoms with Gasteiger partial charge in [-0.05, 0) is 32.8 Å². The second kappa shape index (κ2) is 4.23. The van der Waals surface area contributed by atoms with E-state index < -0.39 is 0 Å². The van der Waals surface area contributed by atoms with Crippen molar-refractivity contribution < 1.29 is 4.79 Å². The van der Waals surface area contributed by atoms with E-state index in [9.17, 15) is 4.79 Å². The average Bonchev–Trinajstić information content (AvgIpc) is 2.97. The summed E-state index contributed by atoms with van der Waals surface area (Å²) in [7, 11) is 0. The molecule has 96 valence electrons. The Labute approximate surface area is 107 Å². The van der Waals surface area contributed by atoms with Crippen LogP contribution in [0.5, 0.6) is 0 Å². The maximum absolute atomic E-state index is 11.8. The van der Waals surface area contributed by atoms with Gasteiger partial charge in [0.2, 0.25) is 11.9 Å². The molecule has 2 fully saturated rings. The number of aromatic nitrogens is 2. The van der Waals surface area contributed by atoms with Crippen molar-refractivity contribution in [3.05, 3.63) is 17.5 Å². The molecule has 0 bridgehead atoms. The molecule has 0 radical (unpaired) electrons. The lowest BCUT2D eigenvalue weighted by atomic mass is 10.00. The molecule has 0 atom stereocenters. The van der Waals surface area contributed by atoms with Gasteiger partial charge in [-0.1, -0.05) is 0 Å². The van der Waals surface area contributed by atoms with Gasteiger partial charge in [0.25, 0.3) is 0 Å². The van der Waals surface area contributed by atoms with Gasteiger partial charge in [-0.15, -0.1) is 0 Å². The molecule has 1 aromatic heterocycles. The van der Waals surface area contributed by atoms with Gasteiger partial charge < -0.3 is 10.2 Å². The van der Waals surface area contributed by atoms with Gasteiger partial charge in [0.1, 0.15) is 0 Å². The lowest BCUT2D eigenvalue weighted by Crippen LogP contribution is -2.54. The summed E-state index contributed by atoms with van der Waals surface area (Å²) in [6.45, 7) is 5.41. The summed E-state index contributed by atoms with van der Waals surface area (Å²) < 4.78 is 0. The van der Waals surface area contributed by atoms with E-state index in [1.807, 2.05) is 19.9 Å². The number of aryl methyl sites for hydroxylation is 2. The number of amides is 1. The minimum absolute atomic E-state index is 0.106.